The molecule has 0 unspecified atom stereocenters. The fraction of sp³-hybridized carbons (Fsp3) is 0.312. The van der Waals surface area contributed by atoms with Crippen molar-refractivity contribution in [2.24, 2.45) is 7.05 Å². The van der Waals surface area contributed by atoms with Gasteiger partial charge in [-0.25, -0.2) is 4.57 Å². The summed E-state index contributed by atoms with van der Waals surface area (Å²) in [6.07, 6.45) is 3.53. The lowest BCUT2D eigenvalue weighted by molar-refractivity contribution is -0.661. The van der Waals surface area contributed by atoms with Gasteiger partial charge in [0.05, 0.1) is 31.9 Å². The van der Waals surface area contributed by atoms with Crippen LogP contribution in [0.2, 0.25) is 0 Å². The van der Waals surface area contributed by atoms with E-state index in [4.69, 9.17) is 0 Å². The van der Waals surface area contributed by atoms with Gasteiger partial charge in [-0.1, -0.05) is 35.3 Å². The maximum absolute atomic E-state index is 12.4. The molecule has 1 aliphatic heterocycles. The van der Waals surface area contributed by atoms with Gasteiger partial charge in [0.15, 0.2) is 5.78 Å². The minimum atomic E-state index is 0.00515. The molecule has 5 heteroatoms. The molecule has 108 valence electrons. The summed E-state index contributed by atoms with van der Waals surface area (Å²) < 4.78 is 1.93. The van der Waals surface area contributed by atoms with Crippen molar-refractivity contribution < 1.29 is 9.36 Å². The summed E-state index contributed by atoms with van der Waals surface area (Å²) >= 11 is 0. The predicted octanol–water partition coefficient (Wildman–Crippen LogP) is 0.547. The number of carbonyl (C=O) groups is 1. The van der Waals surface area contributed by atoms with Crippen LogP contribution in [0.4, 0.5) is 5.95 Å². The number of hydrogen-bond acceptors (Lipinski definition) is 4. The number of anilines is 1. The fourth-order valence-corrected chi connectivity index (χ4v) is 2.56. The van der Waals surface area contributed by atoms with E-state index in [0.29, 0.717) is 11.1 Å². The Bertz CT molecular complexity index is 636. The second kappa shape index (κ2) is 6.01. The number of nitrogens with zero attached hydrogens (tertiary/aromatic N) is 3. The van der Waals surface area contributed by atoms with Gasteiger partial charge in [-0.05, 0) is 0 Å². The Labute approximate surface area is 124 Å². The third-order valence-corrected chi connectivity index (χ3v) is 3.67. The molecule has 0 amide bonds. The number of benzene rings is 1. The first kappa shape index (κ1) is 13.7. The largest absolute Gasteiger partial charge is 0.393 e. The highest BCUT2D eigenvalue weighted by Crippen LogP contribution is 2.10. The molecule has 0 aliphatic carbocycles. The Balaban J connectivity index is 1.85. The number of ketones is 1. The summed E-state index contributed by atoms with van der Waals surface area (Å²) in [7, 11) is 1.94. The quantitative estimate of drug-likeness (QED) is 0.660. The fourth-order valence-electron chi connectivity index (χ4n) is 2.56. The van der Waals surface area contributed by atoms with Crippen LogP contribution in [-0.4, -0.2) is 36.9 Å². The molecule has 0 saturated carbocycles. The third-order valence-electron chi connectivity index (χ3n) is 3.67. The van der Waals surface area contributed by atoms with E-state index >= 15 is 0 Å². The van der Waals surface area contributed by atoms with E-state index in [1.54, 1.807) is 6.20 Å². The molecule has 1 fully saturated rings. The molecular weight excluding hydrogens is 264 g/mol. The van der Waals surface area contributed by atoms with Gasteiger partial charge >= 0.3 is 5.95 Å². The zero-order chi connectivity index (χ0) is 14.7. The van der Waals surface area contributed by atoms with Crippen molar-refractivity contribution in [3.8, 4) is 0 Å². The van der Waals surface area contributed by atoms with Crippen LogP contribution in [0.5, 0.6) is 0 Å². The lowest BCUT2D eigenvalue weighted by Crippen LogP contribution is -2.49. The lowest BCUT2D eigenvalue weighted by atomic mass is 10.1. The van der Waals surface area contributed by atoms with Gasteiger partial charge in [-0.3, -0.25) is 9.69 Å². The average molecular weight is 283 g/mol. The van der Waals surface area contributed by atoms with Crippen molar-refractivity contribution >= 4 is 11.7 Å². The van der Waals surface area contributed by atoms with E-state index in [1.165, 1.54) is 0 Å². The summed E-state index contributed by atoms with van der Waals surface area (Å²) in [5.74, 6) is 0.909. The first-order valence-electron chi connectivity index (χ1n) is 7.17. The van der Waals surface area contributed by atoms with Crippen LogP contribution >= 0.6 is 0 Å². The summed E-state index contributed by atoms with van der Waals surface area (Å²) in [6.45, 7) is 3.80. The Kier molecular flexibility index (Phi) is 3.92. The van der Waals surface area contributed by atoms with Gasteiger partial charge in [-0.2, -0.15) is 0 Å². The van der Waals surface area contributed by atoms with Crippen molar-refractivity contribution in [3.63, 3.8) is 0 Å². The Morgan fingerprint density at radius 3 is 2.57 bits per heavy atom. The van der Waals surface area contributed by atoms with Crippen molar-refractivity contribution in [1.29, 1.82) is 0 Å². The molecule has 1 aromatic carbocycles. The Morgan fingerprint density at radius 2 is 1.90 bits per heavy atom. The van der Waals surface area contributed by atoms with Crippen LogP contribution in [-0.2, 0) is 7.05 Å². The van der Waals surface area contributed by atoms with Crippen molar-refractivity contribution in [3.05, 3.63) is 53.9 Å². The number of rotatable bonds is 3. The second-order valence-electron chi connectivity index (χ2n) is 5.19. The first-order chi connectivity index (χ1) is 10.3. The molecule has 21 heavy (non-hydrogen) atoms. The van der Waals surface area contributed by atoms with Crippen LogP contribution in [0.3, 0.4) is 0 Å². The maximum atomic E-state index is 12.4. The van der Waals surface area contributed by atoms with Crippen molar-refractivity contribution in [1.82, 2.24) is 10.3 Å². The van der Waals surface area contributed by atoms with E-state index in [-0.39, 0.29) is 5.78 Å². The highest BCUT2D eigenvalue weighted by Gasteiger charge is 2.23. The molecule has 2 heterocycles. The topological polar surface area (TPSA) is 49.1 Å². The predicted molar refractivity (Wildman–Crippen MR) is 80.4 cm³/mol. The van der Waals surface area contributed by atoms with Gasteiger partial charge in [-0.15, -0.1) is 0 Å². The van der Waals surface area contributed by atoms with Crippen molar-refractivity contribution in [2.45, 2.75) is 0 Å². The molecule has 1 aromatic heterocycles. The van der Waals surface area contributed by atoms with Crippen LogP contribution in [0, 0.1) is 0 Å². The number of aryl methyl sites for hydroxylation is 1. The summed E-state index contributed by atoms with van der Waals surface area (Å²) in [6, 6.07) is 9.30. The standard InChI is InChI=1S/C16H19N4O/c1-19-12-14(15(21)13-5-3-2-4-6-13)11-18-16(19)20-9-7-17-8-10-20/h2-6,11-12,17H,7-10H2,1H3/q+1. The zero-order valence-corrected chi connectivity index (χ0v) is 12.1. The molecule has 0 atom stereocenters. The van der Waals surface area contributed by atoms with E-state index < -0.39 is 0 Å². The molecule has 0 spiro atoms. The van der Waals surface area contributed by atoms with Crippen LogP contribution in [0.1, 0.15) is 15.9 Å². The molecule has 1 saturated heterocycles. The van der Waals surface area contributed by atoms with Gasteiger partial charge < -0.3 is 5.32 Å². The maximum Gasteiger partial charge on any atom is 0.393 e. The number of piperazine rings is 1. The van der Waals surface area contributed by atoms with Gasteiger partial charge in [0.1, 0.15) is 6.20 Å². The molecule has 5 nitrogen and oxygen atoms in total. The lowest BCUT2D eigenvalue weighted by Gasteiger charge is -2.22. The normalized spacial score (nSPS) is 15.0. The first-order valence-corrected chi connectivity index (χ1v) is 7.17. The number of nitrogens with one attached hydrogen (secondary N) is 1. The highest BCUT2D eigenvalue weighted by atomic mass is 16.1. The zero-order valence-electron chi connectivity index (χ0n) is 12.1. The second-order valence-corrected chi connectivity index (χ2v) is 5.19. The monoisotopic (exact) mass is 283 g/mol. The Morgan fingerprint density at radius 1 is 1.19 bits per heavy atom. The van der Waals surface area contributed by atoms with E-state index in [0.717, 1.165) is 32.1 Å². The molecule has 2 aromatic rings. The van der Waals surface area contributed by atoms with E-state index in [2.05, 4.69) is 15.2 Å². The minimum Gasteiger partial charge on any atom is -0.310 e. The highest BCUT2D eigenvalue weighted by molar-refractivity contribution is 6.08. The van der Waals surface area contributed by atoms with Crippen LogP contribution in [0.15, 0.2) is 42.7 Å². The summed E-state index contributed by atoms with van der Waals surface area (Å²) in [4.78, 5) is 19.1. The minimum absolute atomic E-state index is 0.00515. The van der Waals surface area contributed by atoms with Crippen LogP contribution in [0.25, 0.3) is 0 Å². The van der Waals surface area contributed by atoms with Crippen LogP contribution < -0.4 is 14.8 Å². The smallest absolute Gasteiger partial charge is 0.310 e. The molecule has 0 bridgehead atoms. The number of hydrogen-bond donors (Lipinski definition) is 1. The van der Waals surface area contributed by atoms with E-state index in [1.807, 2.05) is 48.1 Å². The molecule has 1 aliphatic rings. The van der Waals surface area contributed by atoms with Gasteiger partial charge in [0.2, 0.25) is 0 Å². The van der Waals surface area contributed by atoms with Gasteiger partial charge in [0, 0.05) is 18.7 Å². The Hall–Kier alpha value is -2.27. The molecule has 0 radical (unpaired) electrons. The third kappa shape index (κ3) is 2.92. The molecule has 1 N–H and O–H groups in total. The SMILES string of the molecule is C[n+]1cc(C(=O)c2ccccc2)cnc1N1CCNCC1. The van der Waals surface area contributed by atoms with E-state index in [9.17, 15) is 4.79 Å². The molecular formula is C16H19N4O+. The summed E-state index contributed by atoms with van der Waals surface area (Å²) in [5, 5.41) is 3.32. The summed E-state index contributed by atoms with van der Waals surface area (Å²) in [5.41, 5.74) is 1.30. The number of aromatic nitrogens is 2. The average Bonchev–Trinajstić information content (AvgIpc) is 2.55. The molecule has 3 rings (SSSR count). The number of carbonyl (C=O) groups excluding carboxylic acids is 1. The van der Waals surface area contributed by atoms with Crippen molar-refractivity contribution in [2.75, 3.05) is 31.1 Å². The van der Waals surface area contributed by atoms with Gasteiger partial charge in [0.25, 0.3) is 0 Å².